The molecule has 1 fully saturated rings. The summed E-state index contributed by atoms with van der Waals surface area (Å²) in [6.45, 7) is 2.29. The van der Waals surface area contributed by atoms with Crippen molar-refractivity contribution in [3.63, 3.8) is 0 Å². The fourth-order valence-electron chi connectivity index (χ4n) is 5.46. The maximum absolute atomic E-state index is 11.2. The third-order valence-electron chi connectivity index (χ3n) is 7.58. The van der Waals surface area contributed by atoms with Gasteiger partial charge in [0.15, 0.2) is 0 Å². The van der Waals surface area contributed by atoms with Crippen LogP contribution in [0.25, 0.3) is 0 Å². The second-order valence-corrected chi connectivity index (χ2v) is 13.8. The number of rotatable bonds is 10. The Balaban J connectivity index is 1.45. The summed E-state index contributed by atoms with van der Waals surface area (Å²) < 4.78 is 11.9. The van der Waals surface area contributed by atoms with E-state index < -0.39 is 7.05 Å². The lowest BCUT2D eigenvalue weighted by molar-refractivity contribution is 0.163. The average Bonchev–Trinajstić information content (AvgIpc) is 3.02. The van der Waals surface area contributed by atoms with Crippen LogP contribution in [0.5, 0.6) is 5.75 Å². The van der Waals surface area contributed by atoms with Gasteiger partial charge in [-0.1, -0.05) is 97.8 Å². The molecule has 0 spiro atoms. The summed E-state index contributed by atoms with van der Waals surface area (Å²) in [6, 6.07) is 35.1. The Bertz CT molecular complexity index is 1450. The van der Waals surface area contributed by atoms with E-state index >= 15 is 0 Å². The molecule has 5 nitrogen and oxygen atoms in total. The number of hydrogen-bond donors (Lipinski definition) is 2. The van der Waals surface area contributed by atoms with Crippen LogP contribution in [0.1, 0.15) is 42.4 Å². The predicted molar refractivity (Wildman–Crippen MR) is 173 cm³/mol. The van der Waals surface area contributed by atoms with Crippen molar-refractivity contribution in [2.75, 3.05) is 6.35 Å². The van der Waals surface area contributed by atoms with Gasteiger partial charge in [-0.05, 0) is 65.9 Å². The minimum absolute atomic E-state index is 0.0996. The molecule has 7 heteroatoms. The fourth-order valence-corrected chi connectivity index (χ4v) is 8.81. The highest BCUT2D eigenvalue weighted by molar-refractivity contribution is 7.80. The van der Waals surface area contributed by atoms with E-state index in [-0.39, 0.29) is 24.4 Å². The molecule has 2 atom stereocenters. The van der Waals surface area contributed by atoms with E-state index in [0.717, 1.165) is 53.1 Å². The molecular formula is C34H37ClN3O2P. The molecule has 0 bridgehead atoms. The summed E-state index contributed by atoms with van der Waals surface area (Å²) in [5.74, 6) is 0.203. The van der Waals surface area contributed by atoms with E-state index in [1.165, 1.54) is 0 Å². The molecule has 2 N–H and O–H groups in total. The van der Waals surface area contributed by atoms with Crippen molar-refractivity contribution in [2.45, 2.75) is 51.3 Å². The van der Waals surface area contributed by atoms with Crippen molar-refractivity contribution in [3.05, 3.63) is 120 Å². The molecule has 0 saturated heterocycles. The normalized spacial score (nSPS) is 17.5. The van der Waals surface area contributed by atoms with Gasteiger partial charge in [-0.2, -0.15) is 0 Å². The maximum Gasteiger partial charge on any atom is 0.129 e. The molecule has 1 saturated carbocycles. The first-order valence-electron chi connectivity index (χ1n) is 14.2. The van der Waals surface area contributed by atoms with Crippen LogP contribution in [-0.2, 0) is 11.3 Å². The van der Waals surface area contributed by atoms with Gasteiger partial charge in [-0.15, -0.1) is 0 Å². The molecule has 1 aliphatic carbocycles. The van der Waals surface area contributed by atoms with Gasteiger partial charge < -0.3 is 9.84 Å². The van der Waals surface area contributed by atoms with Crippen molar-refractivity contribution in [1.29, 1.82) is 0 Å². The number of aliphatic imine (C=N–C) groups is 1. The van der Waals surface area contributed by atoms with Crippen LogP contribution in [0.4, 0.5) is 5.69 Å². The highest BCUT2D eigenvalue weighted by atomic mass is 35.5. The molecule has 2 unspecified atom stereocenters. The number of halogens is 1. The monoisotopic (exact) mass is 585 g/mol. The van der Waals surface area contributed by atoms with Crippen molar-refractivity contribution in [1.82, 2.24) is 4.84 Å². The van der Waals surface area contributed by atoms with Crippen molar-refractivity contribution >= 4 is 41.3 Å². The summed E-state index contributed by atoms with van der Waals surface area (Å²) in [5, 5.41) is 13.5. The topological polar surface area (TPSA) is 66.2 Å². The number of nitrogens with one attached hydrogen (secondary N) is 1. The molecule has 0 aromatic heterocycles. The van der Waals surface area contributed by atoms with Crippen LogP contribution in [0, 0.1) is 6.92 Å². The van der Waals surface area contributed by atoms with E-state index in [1.807, 2.05) is 61.5 Å². The minimum atomic E-state index is -2.36. The number of ether oxygens (including phenoxy) is 1. The Morgan fingerprint density at radius 1 is 0.902 bits per heavy atom. The van der Waals surface area contributed by atoms with E-state index in [0.29, 0.717) is 11.9 Å². The van der Waals surface area contributed by atoms with Gasteiger partial charge in [0.05, 0.1) is 31.7 Å². The lowest BCUT2D eigenvalue weighted by Crippen LogP contribution is -2.36. The summed E-state index contributed by atoms with van der Waals surface area (Å²) in [5.41, 5.74) is 3.39. The summed E-state index contributed by atoms with van der Waals surface area (Å²) in [7, 11) is -2.36. The first-order valence-corrected chi connectivity index (χ1v) is 16.5. The number of aryl methyl sites for hydroxylation is 1. The lowest BCUT2D eigenvalue weighted by atomic mass is 9.91. The maximum atomic E-state index is 11.2. The van der Waals surface area contributed by atoms with Crippen LogP contribution in [-0.4, -0.2) is 29.8 Å². The average molecular weight is 586 g/mol. The molecular weight excluding hydrogens is 549 g/mol. The van der Waals surface area contributed by atoms with Crippen LogP contribution in [0.15, 0.2) is 113 Å². The summed E-state index contributed by atoms with van der Waals surface area (Å²) in [4.78, 5) is 7.70. The molecule has 0 amide bonds. The minimum Gasteiger partial charge on any atom is -0.507 e. The van der Waals surface area contributed by atoms with E-state index in [4.69, 9.17) is 26.3 Å². The molecule has 212 valence electrons. The van der Waals surface area contributed by atoms with Gasteiger partial charge in [0.2, 0.25) is 0 Å². The molecule has 1 aliphatic rings. The Morgan fingerprint density at radius 2 is 1.51 bits per heavy atom. The standard InChI is InChI=1S/C34H37ClN3O2P/c1-26-21-27(23-36-32-19-11-12-20-33(32)37-35)34(39)28(22-26)24-40-25-41(30-15-7-3-8-16-30,31-17-9-4-10-18-31)38-29-13-5-2-6-14-29/h2-10,13-18,21-23,32-33,37,39H,11-12,19-20,24-25H2,1H3/b36-23+. The quantitative estimate of drug-likeness (QED) is 0.113. The number of nitrogens with zero attached hydrogens (tertiary/aromatic N) is 2. The van der Waals surface area contributed by atoms with Crippen LogP contribution < -0.4 is 15.4 Å². The Kier molecular flexibility index (Phi) is 10.1. The number of phenolic OH excluding ortho intramolecular Hbond substituents is 1. The lowest BCUT2D eigenvalue weighted by Gasteiger charge is -2.27. The Hall–Kier alpha value is -3.21. The zero-order chi connectivity index (χ0) is 28.5. The van der Waals surface area contributed by atoms with E-state index in [9.17, 15) is 5.11 Å². The molecule has 0 heterocycles. The Labute approximate surface area is 248 Å². The second-order valence-electron chi connectivity index (χ2n) is 10.6. The van der Waals surface area contributed by atoms with Gasteiger partial charge in [-0.25, -0.2) is 4.84 Å². The van der Waals surface area contributed by atoms with Gasteiger partial charge in [0, 0.05) is 23.4 Å². The van der Waals surface area contributed by atoms with Gasteiger partial charge in [-0.3, -0.25) is 9.74 Å². The van der Waals surface area contributed by atoms with Crippen molar-refractivity contribution in [2.24, 2.45) is 9.74 Å². The zero-order valence-electron chi connectivity index (χ0n) is 23.4. The number of phenols is 1. The number of hydrogen-bond acceptors (Lipinski definition) is 5. The number of aromatic hydroxyl groups is 1. The Morgan fingerprint density at radius 3 is 2.15 bits per heavy atom. The SMILES string of the molecule is Cc1cc(/C=N/C2CCCCC2NCl)c(O)c(COCP(=Nc2ccccc2)(c2ccccc2)c2ccccc2)c1. The zero-order valence-corrected chi connectivity index (χ0v) is 25.0. The first kappa shape index (κ1) is 29.3. The summed E-state index contributed by atoms with van der Waals surface area (Å²) in [6.07, 6.45) is 6.47. The third-order valence-corrected chi connectivity index (χ3v) is 11.3. The van der Waals surface area contributed by atoms with Crippen molar-refractivity contribution < 1.29 is 9.84 Å². The smallest absolute Gasteiger partial charge is 0.129 e. The molecule has 5 rings (SSSR count). The van der Waals surface area contributed by atoms with Crippen molar-refractivity contribution in [3.8, 4) is 5.75 Å². The van der Waals surface area contributed by atoms with Crippen LogP contribution >= 0.6 is 18.8 Å². The molecule has 0 radical (unpaired) electrons. The first-order chi connectivity index (χ1) is 20.1. The molecule has 41 heavy (non-hydrogen) atoms. The largest absolute Gasteiger partial charge is 0.507 e. The van der Waals surface area contributed by atoms with Gasteiger partial charge in [0.1, 0.15) is 5.75 Å². The fraction of sp³-hybridized carbons (Fsp3) is 0.265. The van der Waals surface area contributed by atoms with E-state index in [1.54, 1.807) is 6.21 Å². The van der Waals surface area contributed by atoms with Gasteiger partial charge >= 0.3 is 0 Å². The van der Waals surface area contributed by atoms with Crippen LogP contribution in [0.3, 0.4) is 0 Å². The summed E-state index contributed by atoms with van der Waals surface area (Å²) >= 11 is 5.98. The van der Waals surface area contributed by atoms with Gasteiger partial charge in [0.25, 0.3) is 0 Å². The number of benzene rings is 4. The predicted octanol–water partition coefficient (Wildman–Crippen LogP) is 7.83. The molecule has 4 aromatic carbocycles. The highest BCUT2D eigenvalue weighted by Crippen LogP contribution is 2.50. The van der Waals surface area contributed by atoms with Crippen LogP contribution in [0.2, 0.25) is 0 Å². The second kappa shape index (κ2) is 14.1. The molecule has 4 aromatic rings. The molecule has 0 aliphatic heterocycles. The third kappa shape index (κ3) is 7.17. The van der Waals surface area contributed by atoms with E-state index in [2.05, 4.69) is 53.4 Å². The highest BCUT2D eigenvalue weighted by Gasteiger charge is 2.26.